The topological polar surface area (TPSA) is 16.4 Å². The van der Waals surface area contributed by atoms with Gasteiger partial charge in [0.05, 0.1) is 0 Å². The Hall–Kier alpha value is -6.16. The predicted octanol–water partition coefficient (Wildman–Crippen LogP) is 13.9. The molecule has 0 N–H and O–H groups in total. The van der Waals surface area contributed by atoms with E-state index in [1.165, 1.54) is 47.6 Å². The Balaban J connectivity index is 1.13. The molecule has 0 aliphatic carbocycles. The van der Waals surface area contributed by atoms with Crippen LogP contribution in [0.4, 0.5) is 17.1 Å². The summed E-state index contributed by atoms with van der Waals surface area (Å²) in [6, 6.07) is 63.2. The van der Waals surface area contributed by atoms with Gasteiger partial charge in [-0.1, -0.05) is 109 Å². The maximum Gasteiger partial charge on any atom is 0.136 e. The number of nitrogens with zero attached hydrogens (tertiary/aromatic N) is 1. The van der Waals surface area contributed by atoms with Crippen LogP contribution in [0.1, 0.15) is 0 Å². The minimum atomic E-state index is 0.906. The molecule has 0 saturated heterocycles. The van der Waals surface area contributed by atoms with Crippen LogP contribution in [0, 0.1) is 0 Å². The van der Waals surface area contributed by atoms with Crippen LogP contribution in [0.3, 0.4) is 0 Å². The Morgan fingerprint density at radius 2 is 0.980 bits per heavy atom. The lowest BCUT2D eigenvalue weighted by molar-refractivity contribution is 0.669. The van der Waals surface area contributed by atoms with Crippen molar-refractivity contribution in [3.63, 3.8) is 0 Å². The molecule has 0 atom stereocenters. The summed E-state index contributed by atoms with van der Waals surface area (Å²) >= 11 is 1.85. The summed E-state index contributed by atoms with van der Waals surface area (Å²) in [7, 11) is 0. The molecule has 10 aromatic rings. The van der Waals surface area contributed by atoms with Crippen molar-refractivity contribution in [3.8, 4) is 22.3 Å². The molecule has 49 heavy (non-hydrogen) atoms. The van der Waals surface area contributed by atoms with Crippen LogP contribution in [0.2, 0.25) is 0 Å². The quantitative estimate of drug-likeness (QED) is 0.186. The van der Waals surface area contributed by atoms with E-state index in [9.17, 15) is 0 Å². The molecule has 0 aliphatic rings. The number of thiophene rings is 1. The largest absolute Gasteiger partial charge is 0.456 e. The van der Waals surface area contributed by atoms with Gasteiger partial charge in [0, 0.05) is 48.0 Å². The monoisotopic (exact) mass is 643 g/mol. The summed E-state index contributed by atoms with van der Waals surface area (Å²) in [4.78, 5) is 2.38. The van der Waals surface area contributed by atoms with Crippen molar-refractivity contribution in [1.82, 2.24) is 0 Å². The van der Waals surface area contributed by atoms with Crippen LogP contribution in [-0.2, 0) is 0 Å². The highest BCUT2D eigenvalue weighted by Crippen LogP contribution is 2.43. The molecule has 0 saturated carbocycles. The first-order valence-electron chi connectivity index (χ1n) is 16.6. The van der Waals surface area contributed by atoms with E-state index in [1.807, 2.05) is 17.4 Å². The lowest BCUT2D eigenvalue weighted by Gasteiger charge is -2.26. The van der Waals surface area contributed by atoms with Gasteiger partial charge in [-0.2, -0.15) is 0 Å². The third-order valence-electron chi connectivity index (χ3n) is 9.65. The molecule has 0 unspecified atom stereocenters. The molecule has 0 radical (unpaired) electrons. The number of hydrogen-bond acceptors (Lipinski definition) is 3. The summed E-state index contributed by atoms with van der Waals surface area (Å²) < 4.78 is 9.06. The van der Waals surface area contributed by atoms with E-state index in [-0.39, 0.29) is 0 Å². The Morgan fingerprint density at radius 1 is 0.367 bits per heavy atom. The third kappa shape index (κ3) is 4.70. The van der Waals surface area contributed by atoms with Crippen molar-refractivity contribution < 1.29 is 4.42 Å². The van der Waals surface area contributed by atoms with Gasteiger partial charge in [-0.25, -0.2) is 0 Å². The maximum atomic E-state index is 6.45. The minimum Gasteiger partial charge on any atom is -0.456 e. The van der Waals surface area contributed by atoms with Gasteiger partial charge < -0.3 is 9.32 Å². The Labute approximate surface area is 287 Å². The van der Waals surface area contributed by atoms with Crippen LogP contribution in [0.5, 0.6) is 0 Å². The fourth-order valence-corrected chi connectivity index (χ4v) is 8.36. The zero-order chi connectivity index (χ0) is 32.3. The Bertz CT molecular complexity index is 2810. The highest BCUT2D eigenvalue weighted by Gasteiger charge is 2.18. The first kappa shape index (κ1) is 27.9. The van der Waals surface area contributed by atoms with E-state index in [0.29, 0.717) is 0 Å². The van der Waals surface area contributed by atoms with Gasteiger partial charge in [0.2, 0.25) is 0 Å². The second kappa shape index (κ2) is 11.2. The number of furan rings is 1. The van der Waals surface area contributed by atoms with Crippen molar-refractivity contribution in [3.05, 3.63) is 176 Å². The molecule has 3 heteroatoms. The summed E-state index contributed by atoms with van der Waals surface area (Å²) in [6.45, 7) is 0. The molecule has 0 bridgehead atoms. The molecule has 10 rings (SSSR count). The summed E-state index contributed by atoms with van der Waals surface area (Å²) in [5.41, 5.74) is 9.92. The predicted molar refractivity (Wildman–Crippen MR) is 210 cm³/mol. The lowest BCUT2D eigenvalue weighted by atomic mass is 10.00. The molecule has 230 valence electrons. The fourth-order valence-electron chi connectivity index (χ4n) is 7.28. The average molecular weight is 644 g/mol. The molecule has 0 aliphatic heterocycles. The number of hydrogen-bond donors (Lipinski definition) is 0. The second-order valence-corrected chi connectivity index (χ2v) is 13.6. The van der Waals surface area contributed by atoms with E-state index in [1.54, 1.807) is 0 Å². The number of rotatable bonds is 5. The third-order valence-corrected chi connectivity index (χ3v) is 10.8. The van der Waals surface area contributed by atoms with Gasteiger partial charge in [0.15, 0.2) is 0 Å². The molecule has 0 fully saturated rings. The molecule has 0 spiro atoms. The highest BCUT2D eigenvalue weighted by molar-refractivity contribution is 7.25. The van der Waals surface area contributed by atoms with Crippen molar-refractivity contribution in [2.75, 3.05) is 4.90 Å². The van der Waals surface area contributed by atoms with E-state index >= 15 is 0 Å². The SMILES string of the molecule is c1ccc(-c2ccc(N(c3ccc4c(ccc5oc6cc(-c7ccccc7)ccc6c54)c3)c3ccc4sc5ccccc5c4c3)cc2)cc1. The summed E-state index contributed by atoms with van der Waals surface area (Å²) in [6.07, 6.45) is 0. The smallest absolute Gasteiger partial charge is 0.136 e. The van der Waals surface area contributed by atoms with Crippen molar-refractivity contribution in [2.24, 2.45) is 0 Å². The van der Waals surface area contributed by atoms with Gasteiger partial charge in [-0.05, 0) is 99.8 Å². The van der Waals surface area contributed by atoms with Gasteiger partial charge in [0.25, 0.3) is 0 Å². The zero-order valence-electron chi connectivity index (χ0n) is 26.5. The van der Waals surface area contributed by atoms with E-state index in [0.717, 1.165) is 44.6 Å². The van der Waals surface area contributed by atoms with Crippen molar-refractivity contribution >= 4 is 81.3 Å². The molecule has 2 heterocycles. The molecule has 0 amide bonds. The normalized spacial score (nSPS) is 11.7. The van der Waals surface area contributed by atoms with Crippen LogP contribution < -0.4 is 4.90 Å². The summed E-state index contributed by atoms with van der Waals surface area (Å²) in [5.74, 6) is 0. The van der Waals surface area contributed by atoms with Crippen LogP contribution in [-0.4, -0.2) is 0 Å². The van der Waals surface area contributed by atoms with E-state index in [4.69, 9.17) is 4.42 Å². The molecule has 2 aromatic heterocycles. The van der Waals surface area contributed by atoms with Gasteiger partial charge in [-0.3, -0.25) is 0 Å². The molecular weight excluding hydrogens is 615 g/mol. The molecular formula is C46H29NOS. The van der Waals surface area contributed by atoms with Crippen LogP contribution >= 0.6 is 11.3 Å². The number of benzene rings is 8. The standard InChI is InChI=1S/C46H29NOS/c1-3-9-30(10-4-1)32-15-19-35(20-16-32)47(37-22-26-45-41(29-37)39-13-7-8-14-44(39)49-45)36-21-24-38-34(27-36)18-25-42-46(38)40-23-17-33(28-43(40)48-42)31-11-5-2-6-12-31/h1-29H. The van der Waals surface area contributed by atoms with E-state index < -0.39 is 0 Å². The zero-order valence-corrected chi connectivity index (χ0v) is 27.3. The summed E-state index contributed by atoms with van der Waals surface area (Å²) in [5, 5.41) is 7.23. The average Bonchev–Trinajstić information content (AvgIpc) is 3.74. The Kier molecular flexibility index (Phi) is 6.39. The van der Waals surface area contributed by atoms with E-state index in [2.05, 4.69) is 175 Å². The van der Waals surface area contributed by atoms with Crippen LogP contribution in [0.15, 0.2) is 180 Å². The highest BCUT2D eigenvalue weighted by atomic mass is 32.1. The molecule has 2 nitrogen and oxygen atoms in total. The first-order valence-corrected chi connectivity index (χ1v) is 17.4. The van der Waals surface area contributed by atoms with Crippen molar-refractivity contribution in [2.45, 2.75) is 0 Å². The fraction of sp³-hybridized carbons (Fsp3) is 0. The maximum absolute atomic E-state index is 6.45. The van der Waals surface area contributed by atoms with Crippen LogP contribution in [0.25, 0.3) is 75.1 Å². The van der Waals surface area contributed by atoms with Crippen molar-refractivity contribution in [1.29, 1.82) is 0 Å². The number of fused-ring (bicyclic) bond motifs is 8. The number of anilines is 3. The lowest BCUT2D eigenvalue weighted by Crippen LogP contribution is -2.09. The second-order valence-electron chi connectivity index (χ2n) is 12.6. The first-order chi connectivity index (χ1) is 24.3. The Morgan fingerprint density at radius 3 is 1.80 bits per heavy atom. The van der Waals surface area contributed by atoms with Gasteiger partial charge in [0.1, 0.15) is 11.2 Å². The van der Waals surface area contributed by atoms with Gasteiger partial charge in [-0.15, -0.1) is 11.3 Å². The minimum absolute atomic E-state index is 0.906. The molecule has 8 aromatic carbocycles. The van der Waals surface area contributed by atoms with Gasteiger partial charge >= 0.3 is 0 Å².